The molecule has 0 bridgehead atoms. The molecule has 7 heteroatoms. The third kappa shape index (κ3) is 3.66. The van der Waals surface area contributed by atoms with Gasteiger partial charge < -0.3 is 19.7 Å². The normalized spacial score (nSPS) is 10.3. The Kier molecular flexibility index (Phi) is 5.30. The Morgan fingerprint density at radius 3 is 1.38 bits per heavy atom. The van der Waals surface area contributed by atoms with E-state index in [-0.39, 0.29) is 22.6 Å². The molecule has 7 nitrogen and oxygen atoms in total. The van der Waals surface area contributed by atoms with E-state index < -0.39 is 18.1 Å². The molecular weight excluding hydrogens is 340 g/mol. The van der Waals surface area contributed by atoms with Crippen LogP contribution in [0.1, 0.15) is 43.0 Å². The zero-order valence-corrected chi connectivity index (χ0v) is 14.7. The molecule has 2 aromatic rings. The number of hydrogen-bond donors (Lipinski definition) is 2. The van der Waals surface area contributed by atoms with E-state index >= 15 is 0 Å². The van der Waals surface area contributed by atoms with E-state index in [0.717, 1.165) is 11.1 Å². The first-order valence-electron chi connectivity index (χ1n) is 7.70. The third-order valence-corrected chi connectivity index (χ3v) is 4.20. The van der Waals surface area contributed by atoms with Crippen LogP contribution in [0.2, 0.25) is 0 Å². The summed E-state index contributed by atoms with van der Waals surface area (Å²) in [6.07, 6.45) is -1.56. The molecule has 0 saturated carbocycles. The molecule has 0 aliphatic heterocycles. The number of carbonyl (C=O) groups excluding carboxylic acids is 3. The lowest BCUT2D eigenvalue weighted by Gasteiger charge is -2.10. The number of carbonyl (C=O) groups is 3. The second-order valence-corrected chi connectivity index (χ2v) is 5.84. The predicted octanol–water partition coefficient (Wildman–Crippen LogP) is 3.47. The number of ether oxygens (including phenoxy) is 2. The number of aryl methyl sites for hydroxylation is 2. The van der Waals surface area contributed by atoms with Gasteiger partial charge in [0.05, 0.1) is 0 Å². The zero-order chi connectivity index (χ0) is 19.6. The molecule has 2 rings (SSSR count). The van der Waals surface area contributed by atoms with Gasteiger partial charge in [-0.1, -0.05) is 12.1 Å². The van der Waals surface area contributed by atoms with E-state index in [9.17, 15) is 24.6 Å². The molecule has 0 spiro atoms. The Bertz CT molecular complexity index is 839. The van der Waals surface area contributed by atoms with Gasteiger partial charge in [0.2, 0.25) is 0 Å². The molecular formula is C19H18O7. The van der Waals surface area contributed by atoms with Gasteiger partial charge in [-0.05, 0) is 62.1 Å². The first kappa shape index (κ1) is 19.0. The highest BCUT2D eigenvalue weighted by Gasteiger charge is 2.24. The average molecular weight is 358 g/mol. The molecule has 0 radical (unpaired) electrons. The van der Waals surface area contributed by atoms with E-state index in [4.69, 9.17) is 0 Å². The SMILES string of the molecule is Cc1ccc(C(=O)OC(=O)OC(=O)c2ccc(C)c(C)c2O)c(O)c1C. The van der Waals surface area contributed by atoms with Gasteiger partial charge in [-0.15, -0.1) is 0 Å². The number of phenols is 2. The van der Waals surface area contributed by atoms with Crippen molar-refractivity contribution >= 4 is 18.1 Å². The van der Waals surface area contributed by atoms with Gasteiger partial charge in [0.25, 0.3) is 0 Å². The summed E-state index contributed by atoms with van der Waals surface area (Å²) in [5, 5.41) is 19.9. The topological polar surface area (TPSA) is 110 Å². The molecule has 0 aliphatic carbocycles. The Labute approximate surface area is 149 Å². The highest BCUT2D eigenvalue weighted by Crippen LogP contribution is 2.27. The standard InChI is InChI=1S/C19H18O7/c1-9-5-7-13(15(20)11(9)3)17(22)25-19(24)26-18(23)14-8-6-10(2)12(4)16(14)21/h5-8,20-21H,1-4H3. The number of benzene rings is 2. The highest BCUT2D eigenvalue weighted by atomic mass is 16.8. The van der Waals surface area contributed by atoms with Crippen LogP contribution in [-0.4, -0.2) is 28.3 Å². The second-order valence-electron chi connectivity index (χ2n) is 5.84. The van der Waals surface area contributed by atoms with Crippen molar-refractivity contribution < 1.29 is 34.1 Å². The summed E-state index contributed by atoms with van der Waals surface area (Å²) in [6, 6.07) is 5.75. The Balaban J connectivity index is 2.12. The largest absolute Gasteiger partial charge is 0.524 e. The summed E-state index contributed by atoms with van der Waals surface area (Å²) in [7, 11) is 0. The fourth-order valence-electron chi connectivity index (χ4n) is 2.21. The molecule has 0 atom stereocenters. The fourth-order valence-corrected chi connectivity index (χ4v) is 2.21. The zero-order valence-electron chi connectivity index (χ0n) is 14.7. The van der Waals surface area contributed by atoms with Gasteiger partial charge in [0.1, 0.15) is 22.6 Å². The van der Waals surface area contributed by atoms with Crippen molar-refractivity contribution in [2.24, 2.45) is 0 Å². The van der Waals surface area contributed by atoms with E-state index in [1.165, 1.54) is 12.1 Å². The number of phenolic OH excluding ortho intramolecular Hbond substituents is 2. The minimum atomic E-state index is -1.56. The monoisotopic (exact) mass is 358 g/mol. The Morgan fingerprint density at radius 2 is 1.04 bits per heavy atom. The van der Waals surface area contributed by atoms with Crippen LogP contribution in [0.3, 0.4) is 0 Å². The van der Waals surface area contributed by atoms with Crippen LogP contribution >= 0.6 is 0 Å². The van der Waals surface area contributed by atoms with Crippen LogP contribution in [0.5, 0.6) is 11.5 Å². The molecule has 0 aliphatic rings. The average Bonchev–Trinajstić information content (AvgIpc) is 2.57. The summed E-state index contributed by atoms with van der Waals surface area (Å²) in [4.78, 5) is 35.6. The summed E-state index contributed by atoms with van der Waals surface area (Å²) in [5.41, 5.74) is 1.97. The summed E-state index contributed by atoms with van der Waals surface area (Å²) in [5.74, 6) is -2.96. The van der Waals surface area contributed by atoms with Crippen molar-refractivity contribution in [2.75, 3.05) is 0 Å². The van der Waals surface area contributed by atoms with Crippen LogP contribution in [0.25, 0.3) is 0 Å². The van der Waals surface area contributed by atoms with Crippen LogP contribution in [0, 0.1) is 27.7 Å². The molecule has 0 heterocycles. The molecule has 0 aromatic heterocycles. The van der Waals surface area contributed by atoms with Crippen LogP contribution in [0.4, 0.5) is 4.79 Å². The van der Waals surface area contributed by atoms with Crippen molar-refractivity contribution in [2.45, 2.75) is 27.7 Å². The van der Waals surface area contributed by atoms with Gasteiger partial charge in [-0.25, -0.2) is 14.4 Å². The van der Waals surface area contributed by atoms with Gasteiger partial charge in [0, 0.05) is 0 Å². The Morgan fingerprint density at radius 1 is 0.692 bits per heavy atom. The number of hydrogen-bond acceptors (Lipinski definition) is 7. The lowest BCUT2D eigenvalue weighted by molar-refractivity contribution is 0.0335. The maximum absolute atomic E-state index is 12.0. The van der Waals surface area contributed by atoms with Gasteiger partial charge in [0.15, 0.2) is 0 Å². The van der Waals surface area contributed by atoms with Crippen molar-refractivity contribution in [3.8, 4) is 11.5 Å². The quantitative estimate of drug-likeness (QED) is 0.625. The van der Waals surface area contributed by atoms with E-state index in [1.807, 2.05) is 0 Å². The minimum absolute atomic E-state index is 0.230. The van der Waals surface area contributed by atoms with E-state index in [0.29, 0.717) is 11.1 Å². The molecule has 26 heavy (non-hydrogen) atoms. The number of rotatable bonds is 2. The van der Waals surface area contributed by atoms with Crippen LogP contribution < -0.4 is 0 Å². The second kappa shape index (κ2) is 7.26. The van der Waals surface area contributed by atoms with E-state index in [2.05, 4.69) is 9.47 Å². The van der Waals surface area contributed by atoms with Crippen molar-refractivity contribution in [3.05, 3.63) is 57.6 Å². The van der Waals surface area contributed by atoms with Crippen LogP contribution in [0.15, 0.2) is 24.3 Å². The lowest BCUT2D eigenvalue weighted by atomic mass is 10.0. The predicted molar refractivity (Wildman–Crippen MR) is 91.4 cm³/mol. The fraction of sp³-hybridized carbons (Fsp3) is 0.211. The van der Waals surface area contributed by atoms with Gasteiger partial charge >= 0.3 is 18.1 Å². The third-order valence-electron chi connectivity index (χ3n) is 4.20. The molecule has 0 fully saturated rings. The van der Waals surface area contributed by atoms with Crippen molar-refractivity contribution in [3.63, 3.8) is 0 Å². The first-order chi connectivity index (χ1) is 12.1. The number of aromatic hydroxyl groups is 2. The highest BCUT2D eigenvalue weighted by molar-refractivity contribution is 6.02. The van der Waals surface area contributed by atoms with Crippen LogP contribution in [-0.2, 0) is 9.47 Å². The molecule has 0 saturated heterocycles. The maximum Gasteiger partial charge on any atom is 0.524 e. The lowest BCUT2D eigenvalue weighted by Crippen LogP contribution is -2.18. The first-order valence-corrected chi connectivity index (χ1v) is 7.70. The summed E-state index contributed by atoms with van der Waals surface area (Å²) >= 11 is 0. The van der Waals surface area contributed by atoms with Crippen molar-refractivity contribution in [1.82, 2.24) is 0 Å². The molecule has 0 amide bonds. The minimum Gasteiger partial charge on any atom is -0.507 e. The molecule has 0 unspecified atom stereocenters. The smallest absolute Gasteiger partial charge is 0.507 e. The van der Waals surface area contributed by atoms with Crippen molar-refractivity contribution in [1.29, 1.82) is 0 Å². The molecule has 136 valence electrons. The molecule has 2 aromatic carbocycles. The Hall–Kier alpha value is -3.35. The van der Waals surface area contributed by atoms with Gasteiger partial charge in [-0.3, -0.25) is 0 Å². The summed E-state index contributed by atoms with van der Waals surface area (Å²) < 4.78 is 8.87. The van der Waals surface area contributed by atoms with Gasteiger partial charge in [-0.2, -0.15) is 0 Å². The number of esters is 2. The molecule has 2 N–H and O–H groups in total. The van der Waals surface area contributed by atoms with E-state index in [1.54, 1.807) is 39.8 Å². The maximum atomic E-state index is 12.0. The summed E-state index contributed by atoms with van der Waals surface area (Å²) in [6.45, 7) is 6.69.